The summed E-state index contributed by atoms with van der Waals surface area (Å²) in [5.74, 6) is 5.73. The molecule has 0 atom stereocenters. The second kappa shape index (κ2) is 8.66. The molecule has 1 aliphatic rings. The Kier molecular flexibility index (Phi) is 6.05. The van der Waals surface area contributed by atoms with Crippen LogP contribution in [0.4, 0.5) is 5.69 Å². The highest BCUT2D eigenvalue weighted by Gasteiger charge is 2.22. The Balaban J connectivity index is 1.55. The van der Waals surface area contributed by atoms with Crippen molar-refractivity contribution in [1.82, 2.24) is 9.21 Å². The predicted octanol–water partition coefficient (Wildman–Crippen LogP) is 1.93. The van der Waals surface area contributed by atoms with Gasteiger partial charge >= 0.3 is 10.2 Å². The summed E-state index contributed by atoms with van der Waals surface area (Å²) in [5.41, 5.74) is 2.51. The van der Waals surface area contributed by atoms with Crippen molar-refractivity contribution in [2.75, 3.05) is 25.0 Å². The van der Waals surface area contributed by atoms with Crippen LogP contribution in [-0.2, 0) is 16.6 Å². The van der Waals surface area contributed by atoms with E-state index in [-0.39, 0.29) is 6.67 Å². The first-order valence-corrected chi connectivity index (χ1v) is 10.1. The summed E-state index contributed by atoms with van der Waals surface area (Å²) in [5, 5.41) is 3.49. The lowest BCUT2D eigenvalue weighted by molar-refractivity contribution is 0.322. The van der Waals surface area contributed by atoms with Gasteiger partial charge in [-0.1, -0.05) is 30.3 Å². The molecule has 0 bridgehead atoms. The smallest absolute Gasteiger partial charge is 0.325 e. The molecule has 0 saturated carbocycles. The fraction of sp³-hybridized carbons (Fsp3) is 0.211. The fourth-order valence-electron chi connectivity index (χ4n) is 2.66. The average Bonchev–Trinajstić information content (AvgIpc) is 3.11. The zero-order valence-electron chi connectivity index (χ0n) is 15.5. The van der Waals surface area contributed by atoms with E-state index < -0.39 is 10.2 Å². The summed E-state index contributed by atoms with van der Waals surface area (Å²) < 4.78 is 34.4. The molecule has 0 aromatic heterocycles. The van der Waals surface area contributed by atoms with Gasteiger partial charge in [-0.15, -0.1) is 0 Å². The minimum absolute atomic E-state index is 0.279. The molecule has 0 spiro atoms. The van der Waals surface area contributed by atoms with Gasteiger partial charge in [0, 0.05) is 31.9 Å². The second-order valence-corrected chi connectivity index (χ2v) is 7.96. The van der Waals surface area contributed by atoms with Crippen molar-refractivity contribution in [2.24, 2.45) is 10.9 Å². The van der Waals surface area contributed by atoms with Gasteiger partial charge in [-0.3, -0.25) is 4.72 Å². The second-order valence-electron chi connectivity index (χ2n) is 6.34. The van der Waals surface area contributed by atoms with Crippen molar-refractivity contribution < 1.29 is 13.2 Å². The molecule has 3 rings (SSSR count). The fourth-order valence-corrected chi connectivity index (χ4v) is 3.75. The van der Waals surface area contributed by atoms with Crippen LogP contribution in [-0.4, -0.2) is 44.2 Å². The van der Waals surface area contributed by atoms with E-state index in [2.05, 4.69) is 9.82 Å². The van der Waals surface area contributed by atoms with E-state index in [4.69, 9.17) is 10.6 Å². The molecule has 3 N–H and O–H groups in total. The number of nitrogens with zero attached hydrogens (tertiary/aromatic N) is 3. The van der Waals surface area contributed by atoms with Crippen molar-refractivity contribution in [3.63, 3.8) is 0 Å². The molecular weight excluding hydrogens is 378 g/mol. The number of nitrogens with two attached hydrogens (primary N) is 1. The highest BCUT2D eigenvalue weighted by Crippen LogP contribution is 2.20. The molecule has 0 aliphatic carbocycles. The van der Waals surface area contributed by atoms with Gasteiger partial charge in [-0.25, -0.2) is 4.31 Å². The van der Waals surface area contributed by atoms with Gasteiger partial charge < -0.3 is 15.5 Å². The third-order valence-corrected chi connectivity index (χ3v) is 5.45. The zero-order chi connectivity index (χ0) is 20.0. The van der Waals surface area contributed by atoms with Crippen LogP contribution in [0.5, 0.6) is 5.75 Å². The molecule has 0 unspecified atom stereocenters. The predicted molar refractivity (Wildman–Crippen MR) is 110 cm³/mol. The number of hydrogen-bond acceptors (Lipinski definition) is 6. The van der Waals surface area contributed by atoms with Gasteiger partial charge in [0.05, 0.1) is 18.5 Å². The van der Waals surface area contributed by atoms with E-state index in [0.29, 0.717) is 18.0 Å². The molecule has 0 fully saturated rings. The van der Waals surface area contributed by atoms with Gasteiger partial charge in [-0.05, 0) is 23.3 Å². The van der Waals surface area contributed by atoms with Crippen LogP contribution >= 0.6 is 0 Å². The number of benzene rings is 2. The Morgan fingerprint density at radius 2 is 2.00 bits per heavy atom. The molecule has 28 heavy (non-hydrogen) atoms. The molecule has 0 radical (unpaired) electrons. The number of rotatable bonds is 8. The number of anilines is 1. The first kappa shape index (κ1) is 19.6. The highest BCUT2D eigenvalue weighted by molar-refractivity contribution is 7.90. The van der Waals surface area contributed by atoms with Crippen molar-refractivity contribution in [3.8, 4) is 5.75 Å². The van der Waals surface area contributed by atoms with Crippen LogP contribution in [0.1, 0.15) is 11.1 Å². The maximum atomic E-state index is 12.4. The van der Waals surface area contributed by atoms with E-state index in [1.165, 1.54) is 10.5 Å². The van der Waals surface area contributed by atoms with Crippen molar-refractivity contribution in [1.29, 1.82) is 0 Å². The Bertz CT molecular complexity index is 958. The molecule has 0 amide bonds. The number of hydrogen-bond donors (Lipinski definition) is 2. The molecule has 0 saturated heterocycles. The normalized spacial score (nSPS) is 14.0. The third kappa shape index (κ3) is 5.17. The quantitative estimate of drug-likeness (QED) is 0.400. The summed E-state index contributed by atoms with van der Waals surface area (Å²) in [6.45, 7) is 0.752. The molecule has 2 aromatic rings. The number of hydrazone groups is 1. The van der Waals surface area contributed by atoms with Crippen molar-refractivity contribution >= 4 is 22.1 Å². The highest BCUT2D eigenvalue weighted by atomic mass is 32.2. The molecule has 2 aromatic carbocycles. The van der Waals surface area contributed by atoms with Crippen molar-refractivity contribution in [2.45, 2.75) is 6.42 Å². The van der Waals surface area contributed by atoms with E-state index in [9.17, 15) is 8.42 Å². The van der Waals surface area contributed by atoms with Gasteiger partial charge in [0.25, 0.3) is 0 Å². The van der Waals surface area contributed by atoms with Gasteiger partial charge in [-0.2, -0.15) is 13.5 Å². The standard InChI is InChI=1S/C19H23N5O3S/c1-23-10-11-24(15-23)28(25,26)22-18-3-2-4-19(13-18)27-12-9-16-5-7-17(8-6-16)14-21-20/h2-8,10-11,13-14,22H,9,12,15,20H2,1H3/b21-14-. The van der Waals surface area contributed by atoms with E-state index >= 15 is 0 Å². The molecule has 1 aliphatic heterocycles. The molecule has 9 heteroatoms. The summed E-state index contributed by atoms with van der Waals surface area (Å²) >= 11 is 0. The van der Waals surface area contributed by atoms with Crippen LogP contribution < -0.4 is 15.3 Å². The maximum absolute atomic E-state index is 12.4. The summed E-state index contributed by atoms with van der Waals surface area (Å²) in [6.07, 6.45) is 5.53. The van der Waals surface area contributed by atoms with Crippen molar-refractivity contribution in [3.05, 3.63) is 72.1 Å². The maximum Gasteiger partial charge on any atom is 0.325 e. The summed E-state index contributed by atoms with van der Waals surface area (Å²) in [4.78, 5) is 1.77. The topological polar surface area (TPSA) is 100 Å². The SMILES string of the molecule is CN1C=CN(S(=O)(=O)Nc2cccc(OCCc3ccc(/C=N\N)cc3)c2)C1. The van der Waals surface area contributed by atoms with Gasteiger partial charge in [0.1, 0.15) is 12.4 Å². The van der Waals surface area contributed by atoms with Gasteiger partial charge in [0.15, 0.2) is 0 Å². The Labute approximate surface area is 165 Å². The summed E-state index contributed by atoms with van der Waals surface area (Å²) in [7, 11) is -1.85. The largest absolute Gasteiger partial charge is 0.493 e. The number of nitrogens with one attached hydrogen (secondary N) is 1. The molecule has 148 valence electrons. The van der Waals surface area contributed by atoms with Crippen LogP contribution in [0.2, 0.25) is 0 Å². The zero-order valence-corrected chi connectivity index (χ0v) is 16.3. The Morgan fingerprint density at radius 3 is 2.68 bits per heavy atom. The lowest BCUT2D eigenvalue weighted by Gasteiger charge is -2.19. The first-order valence-electron chi connectivity index (χ1n) is 8.69. The number of ether oxygens (including phenoxy) is 1. The molecular formula is C19H23N5O3S. The van der Waals surface area contributed by atoms with E-state index in [0.717, 1.165) is 17.5 Å². The lowest BCUT2D eigenvalue weighted by Crippen LogP contribution is -2.33. The van der Waals surface area contributed by atoms with Crippen LogP contribution in [0.15, 0.2) is 66.0 Å². The van der Waals surface area contributed by atoms with Gasteiger partial charge in [0.2, 0.25) is 0 Å². The van der Waals surface area contributed by atoms with E-state index in [1.807, 2.05) is 24.3 Å². The lowest BCUT2D eigenvalue weighted by atomic mass is 10.1. The monoisotopic (exact) mass is 401 g/mol. The van der Waals surface area contributed by atoms with Crippen LogP contribution in [0.3, 0.4) is 0 Å². The van der Waals surface area contributed by atoms with E-state index in [1.54, 1.807) is 48.6 Å². The van der Waals surface area contributed by atoms with Crippen LogP contribution in [0.25, 0.3) is 0 Å². The molecule has 1 heterocycles. The Morgan fingerprint density at radius 1 is 1.21 bits per heavy atom. The average molecular weight is 401 g/mol. The molecule has 8 nitrogen and oxygen atoms in total. The minimum Gasteiger partial charge on any atom is -0.493 e. The Hall–Kier alpha value is -3.20. The minimum atomic E-state index is -3.66. The van der Waals surface area contributed by atoms with Crippen LogP contribution in [0, 0.1) is 0 Å². The summed E-state index contributed by atoms with van der Waals surface area (Å²) in [6, 6.07) is 14.8. The third-order valence-electron chi connectivity index (χ3n) is 4.10. The first-order chi connectivity index (χ1) is 13.5.